The molecule has 9 heteroatoms. The van der Waals surface area contributed by atoms with E-state index in [9.17, 15) is 9.59 Å². The van der Waals surface area contributed by atoms with E-state index < -0.39 is 0 Å². The molecule has 2 heterocycles. The van der Waals surface area contributed by atoms with Gasteiger partial charge in [-0.25, -0.2) is 4.98 Å². The highest BCUT2D eigenvalue weighted by molar-refractivity contribution is 7.13. The first kappa shape index (κ1) is 23.2. The molecular formula is C22H31N5O3S. The minimum absolute atomic E-state index is 0.0166. The first-order chi connectivity index (χ1) is 14.8. The summed E-state index contributed by atoms with van der Waals surface area (Å²) in [5, 5.41) is 5.24. The molecule has 0 aliphatic carbocycles. The Morgan fingerprint density at radius 2 is 1.87 bits per heavy atom. The Balaban J connectivity index is 1.66. The van der Waals surface area contributed by atoms with Crippen molar-refractivity contribution in [1.82, 2.24) is 19.7 Å². The second-order valence-corrected chi connectivity index (χ2v) is 9.06. The van der Waals surface area contributed by atoms with Crippen LogP contribution in [-0.4, -0.2) is 84.4 Å². The normalized spacial score (nSPS) is 15.1. The summed E-state index contributed by atoms with van der Waals surface area (Å²) in [6, 6.07) is 5.69. The summed E-state index contributed by atoms with van der Waals surface area (Å²) in [5.74, 6) is 0.618. The molecule has 1 N–H and O–H groups in total. The predicted molar refractivity (Wildman–Crippen MR) is 123 cm³/mol. The van der Waals surface area contributed by atoms with Gasteiger partial charge in [0.2, 0.25) is 5.91 Å². The van der Waals surface area contributed by atoms with Gasteiger partial charge in [0, 0.05) is 64.0 Å². The molecule has 31 heavy (non-hydrogen) atoms. The number of carbonyl (C=O) groups excluding carboxylic acids is 2. The average molecular weight is 446 g/mol. The van der Waals surface area contributed by atoms with Crippen molar-refractivity contribution >= 4 is 28.3 Å². The van der Waals surface area contributed by atoms with Gasteiger partial charge in [-0.2, -0.15) is 0 Å². The van der Waals surface area contributed by atoms with Crippen molar-refractivity contribution in [3.8, 4) is 5.75 Å². The maximum atomic E-state index is 12.7. The highest BCUT2D eigenvalue weighted by atomic mass is 32.1. The van der Waals surface area contributed by atoms with Crippen molar-refractivity contribution < 1.29 is 14.3 Å². The topological polar surface area (TPSA) is 78.0 Å². The van der Waals surface area contributed by atoms with Gasteiger partial charge >= 0.3 is 0 Å². The summed E-state index contributed by atoms with van der Waals surface area (Å²) in [5.41, 5.74) is 1.58. The number of amides is 2. The van der Waals surface area contributed by atoms with Gasteiger partial charge < -0.3 is 9.64 Å². The van der Waals surface area contributed by atoms with Crippen LogP contribution in [-0.2, 0) is 11.3 Å². The lowest BCUT2D eigenvalue weighted by molar-refractivity contribution is -0.130. The number of nitrogens with one attached hydrogen (secondary N) is 1. The Labute approximate surface area is 187 Å². The average Bonchev–Trinajstić information content (AvgIpc) is 3.21. The van der Waals surface area contributed by atoms with Crippen molar-refractivity contribution in [1.29, 1.82) is 0 Å². The number of likely N-dealkylation sites (N-methyl/N-ethyl adjacent to an activating group) is 1. The van der Waals surface area contributed by atoms with E-state index >= 15 is 0 Å². The minimum atomic E-state index is -0.197. The Morgan fingerprint density at radius 3 is 2.48 bits per heavy atom. The van der Waals surface area contributed by atoms with Crippen LogP contribution in [0, 0.1) is 0 Å². The standard InChI is InChI=1S/C22H31N5O3S/c1-16(2)30-19-12-17(11-18(13-19)21(29)24-22-23-5-10-31-22)14-26-6-8-27(9-7-26)15-20(28)25(3)4/h5,10-13,16H,6-9,14-15H2,1-4H3,(H,23,24,29). The molecule has 0 atom stereocenters. The van der Waals surface area contributed by atoms with Crippen molar-refractivity contribution in [2.75, 3.05) is 52.1 Å². The maximum absolute atomic E-state index is 12.7. The fourth-order valence-corrected chi connectivity index (χ4v) is 3.90. The first-order valence-electron chi connectivity index (χ1n) is 10.5. The number of ether oxygens (including phenoxy) is 1. The molecule has 2 aromatic rings. The van der Waals surface area contributed by atoms with Crippen LogP contribution < -0.4 is 10.1 Å². The van der Waals surface area contributed by atoms with E-state index in [-0.39, 0.29) is 17.9 Å². The lowest BCUT2D eigenvalue weighted by atomic mass is 10.1. The SMILES string of the molecule is CC(C)Oc1cc(CN2CCN(CC(=O)N(C)C)CC2)cc(C(=O)Nc2nccs2)c1. The Kier molecular flexibility index (Phi) is 8.00. The van der Waals surface area contributed by atoms with Gasteiger partial charge in [-0.3, -0.25) is 24.7 Å². The quantitative estimate of drug-likeness (QED) is 0.672. The molecule has 1 aromatic heterocycles. The largest absolute Gasteiger partial charge is 0.491 e. The van der Waals surface area contributed by atoms with Crippen molar-refractivity contribution in [3.05, 3.63) is 40.9 Å². The molecule has 1 saturated heterocycles. The summed E-state index contributed by atoms with van der Waals surface area (Å²) < 4.78 is 5.89. The second-order valence-electron chi connectivity index (χ2n) is 8.16. The third-order valence-corrected chi connectivity index (χ3v) is 5.67. The summed E-state index contributed by atoms with van der Waals surface area (Å²) in [7, 11) is 3.57. The molecule has 0 saturated carbocycles. The molecule has 1 aromatic carbocycles. The van der Waals surface area contributed by atoms with Crippen LogP contribution in [0.1, 0.15) is 29.8 Å². The second kappa shape index (κ2) is 10.7. The lowest BCUT2D eigenvalue weighted by Crippen LogP contribution is -2.48. The van der Waals surface area contributed by atoms with Gasteiger partial charge in [-0.15, -0.1) is 11.3 Å². The van der Waals surface area contributed by atoms with Crippen molar-refractivity contribution in [3.63, 3.8) is 0 Å². The molecule has 3 rings (SSSR count). The van der Waals surface area contributed by atoms with Crippen LogP contribution in [0.2, 0.25) is 0 Å². The molecule has 0 spiro atoms. The summed E-state index contributed by atoms with van der Waals surface area (Å²) >= 11 is 1.39. The van der Waals surface area contributed by atoms with E-state index in [2.05, 4.69) is 20.1 Å². The number of carbonyl (C=O) groups is 2. The third-order valence-electron chi connectivity index (χ3n) is 4.98. The van der Waals surface area contributed by atoms with Crippen LogP contribution in [0.15, 0.2) is 29.8 Å². The molecule has 0 bridgehead atoms. The highest BCUT2D eigenvalue weighted by Crippen LogP contribution is 2.22. The summed E-state index contributed by atoms with van der Waals surface area (Å²) in [6.45, 7) is 8.56. The van der Waals surface area contributed by atoms with E-state index in [0.29, 0.717) is 23.0 Å². The van der Waals surface area contributed by atoms with Gasteiger partial charge in [-0.1, -0.05) is 0 Å². The minimum Gasteiger partial charge on any atom is -0.491 e. The maximum Gasteiger partial charge on any atom is 0.257 e. The molecule has 8 nitrogen and oxygen atoms in total. The van der Waals surface area contributed by atoms with Crippen molar-refractivity contribution in [2.24, 2.45) is 0 Å². The fourth-order valence-electron chi connectivity index (χ4n) is 3.37. The number of aromatic nitrogens is 1. The number of hydrogen-bond donors (Lipinski definition) is 1. The van der Waals surface area contributed by atoms with E-state index in [0.717, 1.165) is 38.3 Å². The number of thiazole rings is 1. The van der Waals surface area contributed by atoms with Crippen LogP contribution in [0.3, 0.4) is 0 Å². The Bertz CT molecular complexity index is 877. The predicted octanol–water partition coefficient (Wildman–Crippen LogP) is 2.39. The summed E-state index contributed by atoms with van der Waals surface area (Å²) in [4.78, 5) is 35.0. The Morgan fingerprint density at radius 1 is 1.16 bits per heavy atom. The zero-order valence-electron chi connectivity index (χ0n) is 18.6. The number of hydrogen-bond acceptors (Lipinski definition) is 7. The van der Waals surface area contributed by atoms with E-state index in [4.69, 9.17) is 4.74 Å². The van der Waals surface area contributed by atoms with Crippen LogP contribution in [0.4, 0.5) is 5.13 Å². The van der Waals surface area contributed by atoms with Crippen LogP contribution in [0.25, 0.3) is 0 Å². The fraction of sp³-hybridized carbons (Fsp3) is 0.500. The lowest BCUT2D eigenvalue weighted by Gasteiger charge is -2.34. The number of benzene rings is 1. The van der Waals surface area contributed by atoms with Gasteiger partial charge in [-0.05, 0) is 37.6 Å². The van der Waals surface area contributed by atoms with Crippen LogP contribution >= 0.6 is 11.3 Å². The Hall–Kier alpha value is -2.49. The molecule has 168 valence electrons. The zero-order chi connectivity index (χ0) is 22.4. The third kappa shape index (κ3) is 7.02. The van der Waals surface area contributed by atoms with E-state index in [1.54, 1.807) is 31.3 Å². The molecule has 1 fully saturated rings. The molecule has 2 amide bonds. The highest BCUT2D eigenvalue weighted by Gasteiger charge is 2.20. The zero-order valence-corrected chi connectivity index (χ0v) is 19.4. The van der Waals surface area contributed by atoms with E-state index in [1.165, 1.54) is 11.3 Å². The number of nitrogens with zero attached hydrogens (tertiary/aromatic N) is 4. The number of piperazine rings is 1. The number of anilines is 1. The number of rotatable bonds is 8. The van der Waals surface area contributed by atoms with Gasteiger partial charge in [0.25, 0.3) is 5.91 Å². The van der Waals surface area contributed by atoms with Gasteiger partial charge in [0.05, 0.1) is 12.6 Å². The van der Waals surface area contributed by atoms with Gasteiger partial charge in [0.1, 0.15) is 5.75 Å². The first-order valence-corrected chi connectivity index (χ1v) is 11.3. The molecule has 1 aliphatic heterocycles. The van der Waals surface area contributed by atoms with E-state index in [1.807, 2.05) is 31.4 Å². The summed E-state index contributed by atoms with van der Waals surface area (Å²) in [6.07, 6.45) is 1.68. The molecular weight excluding hydrogens is 414 g/mol. The molecule has 0 radical (unpaired) electrons. The monoisotopic (exact) mass is 445 g/mol. The smallest absolute Gasteiger partial charge is 0.257 e. The van der Waals surface area contributed by atoms with Gasteiger partial charge in [0.15, 0.2) is 5.13 Å². The molecule has 0 unspecified atom stereocenters. The van der Waals surface area contributed by atoms with Crippen LogP contribution in [0.5, 0.6) is 5.75 Å². The van der Waals surface area contributed by atoms with Crippen molar-refractivity contribution in [2.45, 2.75) is 26.5 Å². The molecule has 1 aliphatic rings.